The zero-order valence-electron chi connectivity index (χ0n) is 16.8. The highest BCUT2D eigenvalue weighted by molar-refractivity contribution is 5.80. The average Bonchev–Trinajstić information content (AvgIpc) is 3.29. The molecule has 2 N–H and O–H groups in total. The summed E-state index contributed by atoms with van der Waals surface area (Å²) in [5.74, 6) is -0.316. The van der Waals surface area contributed by atoms with Gasteiger partial charge in [-0.05, 0) is 43.4 Å². The summed E-state index contributed by atoms with van der Waals surface area (Å²) in [5, 5.41) is 4.53. The molecule has 2 aromatic heterocycles. The molecule has 1 aromatic carbocycles. The molecule has 154 valence electrons. The Morgan fingerprint density at radius 2 is 1.93 bits per heavy atom. The second kappa shape index (κ2) is 7.21. The molecule has 1 fully saturated rings. The summed E-state index contributed by atoms with van der Waals surface area (Å²) in [6.45, 7) is 3.09. The summed E-state index contributed by atoms with van der Waals surface area (Å²) in [6, 6.07) is 10.0. The van der Waals surface area contributed by atoms with Crippen LogP contribution in [0.15, 0.2) is 42.6 Å². The van der Waals surface area contributed by atoms with E-state index in [4.69, 9.17) is 5.73 Å². The third-order valence-corrected chi connectivity index (χ3v) is 5.90. The first-order valence-corrected chi connectivity index (χ1v) is 10.0. The molecule has 7 nitrogen and oxygen atoms in total. The van der Waals surface area contributed by atoms with Gasteiger partial charge in [-0.25, -0.2) is 4.39 Å². The standard InChI is InChI=1S/C22H23FN6O/c1-27-11-17(12-27)29-21-13-28(10-15(21)9-25-29)22(30)8-20-18(24)6-7-19(26-20)14-2-4-16(23)5-3-14/h2-7,9,17H,8,10-13,24H2,1H3. The van der Waals surface area contributed by atoms with Crippen LogP contribution < -0.4 is 5.73 Å². The van der Waals surface area contributed by atoms with E-state index in [0.717, 1.165) is 29.9 Å². The normalized spacial score (nSPS) is 16.5. The van der Waals surface area contributed by atoms with Gasteiger partial charge in [-0.3, -0.25) is 14.5 Å². The van der Waals surface area contributed by atoms with Gasteiger partial charge in [-0.1, -0.05) is 0 Å². The minimum atomic E-state index is -0.301. The Balaban J connectivity index is 1.31. The van der Waals surface area contributed by atoms with Gasteiger partial charge in [0, 0.05) is 30.8 Å². The van der Waals surface area contributed by atoms with Crippen LogP contribution in [0.2, 0.25) is 0 Å². The second-order valence-electron chi connectivity index (χ2n) is 8.10. The van der Waals surface area contributed by atoms with Crippen LogP contribution in [0.4, 0.5) is 10.1 Å². The highest BCUT2D eigenvalue weighted by Crippen LogP contribution is 2.29. The summed E-state index contributed by atoms with van der Waals surface area (Å²) in [4.78, 5) is 21.6. The van der Waals surface area contributed by atoms with E-state index in [1.54, 1.807) is 24.3 Å². The number of likely N-dealkylation sites (tertiary alicyclic amines) is 1. The van der Waals surface area contributed by atoms with Gasteiger partial charge in [-0.2, -0.15) is 5.10 Å². The van der Waals surface area contributed by atoms with Gasteiger partial charge in [0.15, 0.2) is 0 Å². The van der Waals surface area contributed by atoms with E-state index in [-0.39, 0.29) is 18.1 Å². The number of aromatic nitrogens is 3. The maximum absolute atomic E-state index is 13.2. The van der Waals surface area contributed by atoms with E-state index < -0.39 is 0 Å². The van der Waals surface area contributed by atoms with Gasteiger partial charge in [0.1, 0.15) is 5.82 Å². The predicted octanol–water partition coefficient (Wildman–Crippen LogP) is 2.24. The molecule has 8 heteroatoms. The molecule has 2 aliphatic rings. The number of anilines is 1. The molecule has 1 amide bonds. The molecule has 0 radical (unpaired) electrons. The summed E-state index contributed by atoms with van der Waals surface area (Å²) in [5.41, 5.74) is 10.8. The molecule has 0 saturated carbocycles. The molecule has 0 atom stereocenters. The highest BCUT2D eigenvalue weighted by Gasteiger charge is 2.33. The number of nitrogens with two attached hydrogens (primary N) is 1. The number of hydrogen-bond acceptors (Lipinski definition) is 5. The Morgan fingerprint density at radius 3 is 2.67 bits per heavy atom. The lowest BCUT2D eigenvalue weighted by Crippen LogP contribution is -2.45. The molecule has 2 aliphatic heterocycles. The Labute approximate surface area is 173 Å². The van der Waals surface area contributed by atoms with E-state index in [9.17, 15) is 9.18 Å². The number of fused-ring (bicyclic) bond motifs is 1. The van der Waals surface area contributed by atoms with Gasteiger partial charge in [0.25, 0.3) is 0 Å². The van der Waals surface area contributed by atoms with Crippen LogP contribution in [0.3, 0.4) is 0 Å². The van der Waals surface area contributed by atoms with E-state index in [1.165, 1.54) is 12.1 Å². The molecular weight excluding hydrogens is 383 g/mol. The van der Waals surface area contributed by atoms with Crippen LogP contribution in [-0.2, 0) is 24.3 Å². The lowest BCUT2D eigenvalue weighted by Gasteiger charge is -2.37. The summed E-state index contributed by atoms with van der Waals surface area (Å²) >= 11 is 0. The van der Waals surface area contributed by atoms with E-state index >= 15 is 0 Å². The van der Waals surface area contributed by atoms with Crippen molar-refractivity contribution in [3.05, 3.63) is 65.4 Å². The average molecular weight is 406 g/mol. The first-order chi connectivity index (χ1) is 14.5. The number of benzene rings is 1. The maximum Gasteiger partial charge on any atom is 0.229 e. The number of rotatable bonds is 4. The van der Waals surface area contributed by atoms with Gasteiger partial charge >= 0.3 is 0 Å². The van der Waals surface area contributed by atoms with E-state index in [1.807, 2.05) is 11.1 Å². The fourth-order valence-corrected chi connectivity index (χ4v) is 4.17. The molecule has 1 saturated heterocycles. The monoisotopic (exact) mass is 406 g/mol. The second-order valence-corrected chi connectivity index (χ2v) is 8.10. The number of amides is 1. The molecule has 0 unspecified atom stereocenters. The maximum atomic E-state index is 13.2. The minimum absolute atomic E-state index is 0.0149. The van der Waals surface area contributed by atoms with Crippen molar-refractivity contribution in [2.24, 2.45) is 0 Å². The Morgan fingerprint density at radius 1 is 1.17 bits per heavy atom. The lowest BCUT2D eigenvalue weighted by atomic mass is 10.1. The van der Waals surface area contributed by atoms with Crippen molar-refractivity contribution in [3.8, 4) is 11.3 Å². The van der Waals surface area contributed by atoms with Crippen LogP contribution in [0.25, 0.3) is 11.3 Å². The quantitative estimate of drug-likeness (QED) is 0.719. The largest absolute Gasteiger partial charge is 0.397 e. The fraction of sp³-hybridized carbons (Fsp3) is 0.318. The third kappa shape index (κ3) is 3.33. The van der Waals surface area contributed by atoms with Crippen LogP contribution in [0, 0.1) is 5.82 Å². The van der Waals surface area contributed by atoms with Crippen molar-refractivity contribution >= 4 is 11.6 Å². The summed E-state index contributed by atoms with van der Waals surface area (Å²) in [6.07, 6.45) is 2.01. The van der Waals surface area contributed by atoms with Crippen LogP contribution in [0.5, 0.6) is 0 Å². The molecule has 30 heavy (non-hydrogen) atoms. The number of nitrogen functional groups attached to an aromatic ring is 1. The number of carbonyl (C=O) groups excluding carboxylic acids is 1. The van der Waals surface area contributed by atoms with Crippen molar-refractivity contribution in [2.75, 3.05) is 25.9 Å². The van der Waals surface area contributed by atoms with E-state index in [0.29, 0.717) is 36.2 Å². The Kier molecular flexibility index (Phi) is 4.51. The van der Waals surface area contributed by atoms with Crippen molar-refractivity contribution < 1.29 is 9.18 Å². The molecule has 3 aromatic rings. The minimum Gasteiger partial charge on any atom is -0.397 e. The first kappa shape index (κ1) is 18.7. The zero-order valence-corrected chi connectivity index (χ0v) is 16.8. The number of hydrogen-bond donors (Lipinski definition) is 1. The van der Waals surface area contributed by atoms with Gasteiger partial charge in [0.05, 0.1) is 48.0 Å². The molecular formula is C22H23FN6O. The predicted molar refractivity (Wildman–Crippen MR) is 111 cm³/mol. The number of pyridine rings is 1. The van der Waals surface area contributed by atoms with E-state index in [2.05, 4.69) is 26.7 Å². The highest BCUT2D eigenvalue weighted by atomic mass is 19.1. The lowest BCUT2D eigenvalue weighted by molar-refractivity contribution is -0.131. The van der Waals surface area contributed by atoms with Crippen molar-refractivity contribution in [1.82, 2.24) is 24.6 Å². The fourth-order valence-electron chi connectivity index (χ4n) is 4.17. The van der Waals surface area contributed by atoms with Crippen LogP contribution in [-0.4, -0.2) is 50.6 Å². The number of halogens is 1. The molecule has 0 aliphatic carbocycles. The van der Waals surface area contributed by atoms with Gasteiger partial charge < -0.3 is 15.5 Å². The van der Waals surface area contributed by atoms with Crippen LogP contribution >= 0.6 is 0 Å². The molecule has 4 heterocycles. The van der Waals surface area contributed by atoms with Crippen molar-refractivity contribution in [2.45, 2.75) is 25.6 Å². The number of nitrogens with zero attached hydrogens (tertiary/aromatic N) is 5. The number of carbonyl (C=O) groups is 1. The van der Waals surface area contributed by atoms with Gasteiger partial charge in [-0.15, -0.1) is 0 Å². The topological polar surface area (TPSA) is 80.3 Å². The smallest absolute Gasteiger partial charge is 0.229 e. The first-order valence-electron chi connectivity index (χ1n) is 10.0. The number of likely N-dealkylation sites (N-methyl/N-ethyl adjacent to an activating group) is 1. The molecule has 5 rings (SSSR count). The molecule has 0 bridgehead atoms. The Bertz CT molecular complexity index is 1100. The molecule has 0 spiro atoms. The van der Waals surface area contributed by atoms with Crippen molar-refractivity contribution in [1.29, 1.82) is 0 Å². The third-order valence-electron chi connectivity index (χ3n) is 5.90. The Hall–Kier alpha value is -3.26. The summed E-state index contributed by atoms with van der Waals surface area (Å²) in [7, 11) is 2.09. The van der Waals surface area contributed by atoms with Crippen LogP contribution in [0.1, 0.15) is 23.0 Å². The SMILES string of the molecule is CN1CC(n2ncc3c2CN(C(=O)Cc2nc(-c4ccc(F)cc4)ccc2N)C3)C1. The summed E-state index contributed by atoms with van der Waals surface area (Å²) < 4.78 is 15.3. The van der Waals surface area contributed by atoms with Crippen molar-refractivity contribution in [3.63, 3.8) is 0 Å². The zero-order chi connectivity index (χ0) is 20.8. The van der Waals surface area contributed by atoms with Gasteiger partial charge in [0.2, 0.25) is 5.91 Å².